The molecule has 5 heteroatoms. The summed E-state index contributed by atoms with van der Waals surface area (Å²) < 4.78 is 6.14. The van der Waals surface area contributed by atoms with Gasteiger partial charge in [-0.05, 0) is 116 Å². The monoisotopic (exact) mass is 589 g/mol. The molecule has 206 valence electrons. The predicted molar refractivity (Wildman–Crippen MR) is 160 cm³/mol. The second-order valence-corrected chi connectivity index (χ2v) is 13.5. The van der Waals surface area contributed by atoms with Crippen LogP contribution in [0.2, 0.25) is 0 Å². The Morgan fingerprint density at radius 2 is 1.62 bits per heavy atom. The zero-order chi connectivity index (χ0) is 27.0. The number of hydrogen-bond acceptors (Lipinski definition) is 3. The van der Waals surface area contributed by atoms with Gasteiger partial charge in [0.1, 0.15) is 0 Å². The van der Waals surface area contributed by atoms with Gasteiger partial charge in [0.15, 0.2) is 0 Å². The fourth-order valence-corrected chi connectivity index (χ4v) is 8.25. The molecule has 2 aromatic carbocycles. The van der Waals surface area contributed by atoms with Crippen molar-refractivity contribution in [2.45, 2.75) is 88.9 Å². The Labute approximate surface area is 241 Å². The van der Waals surface area contributed by atoms with Gasteiger partial charge in [-0.2, -0.15) is 0 Å². The lowest BCUT2D eigenvalue weighted by Crippen LogP contribution is -2.51. The van der Waals surface area contributed by atoms with Gasteiger partial charge in [-0.15, -0.1) is 0 Å². The van der Waals surface area contributed by atoms with Gasteiger partial charge >= 0.3 is 5.97 Å². The summed E-state index contributed by atoms with van der Waals surface area (Å²) in [4.78, 5) is 28.8. The molecule has 0 N–H and O–H groups in total. The van der Waals surface area contributed by atoms with Gasteiger partial charge in [-0.1, -0.05) is 59.5 Å². The molecule has 5 aliphatic carbocycles. The lowest BCUT2D eigenvalue weighted by Gasteiger charge is -2.55. The number of esters is 1. The fraction of sp³-hybridized carbons (Fsp3) is 0.529. The van der Waals surface area contributed by atoms with E-state index in [0.29, 0.717) is 17.7 Å². The average Bonchev–Trinajstić information content (AvgIpc) is 3.00. The zero-order valence-electron chi connectivity index (χ0n) is 23.1. The van der Waals surface area contributed by atoms with Crippen LogP contribution in [0.15, 0.2) is 52.5 Å². The predicted octanol–water partition coefficient (Wildman–Crippen LogP) is 8.16. The van der Waals surface area contributed by atoms with Crippen LogP contribution in [0, 0.1) is 11.3 Å². The highest BCUT2D eigenvalue weighted by molar-refractivity contribution is 9.10. The van der Waals surface area contributed by atoms with E-state index >= 15 is 0 Å². The van der Waals surface area contributed by atoms with Gasteiger partial charge < -0.3 is 9.64 Å². The molecule has 0 spiro atoms. The minimum atomic E-state index is -0.251. The maximum atomic E-state index is 14.3. The summed E-state index contributed by atoms with van der Waals surface area (Å²) in [5.74, 6) is 0.207. The van der Waals surface area contributed by atoms with Crippen LogP contribution in [0.4, 0.5) is 5.69 Å². The molecule has 2 aromatic rings. The maximum Gasteiger partial charge on any atom is 0.333 e. The van der Waals surface area contributed by atoms with Crippen LogP contribution in [-0.4, -0.2) is 25.5 Å². The van der Waals surface area contributed by atoms with Crippen molar-refractivity contribution in [3.8, 4) is 0 Å². The first-order chi connectivity index (χ1) is 18.9. The van der Waals surface area contributed by atoms with Crippen molar-refractivity contribution in [1.82, 2.24) is 0 Å². The van der Waals surface area contributed by atoms with E-state index < -0.39 is 0 Å². The Morgan fingerprint density at radius 1 is 0.923 bits per heavy atom. The van der Waals surface area contributed by atoms with Crippen molar-refractivity contribution in [2.24, 2.45) is 11.3 Å². The molecule has 7 rings (SSSR count). The first-order valence-electron chi connectivity index (χ1n) is 14.9. The number of methoxy groups -OCH3 is 1. The van der Waals surface area contributed by atoms with Crippen LogP contribution in [0.1, 0.15) is 93.7 Å². The summed E-state index contributed by atoms with van der Waals surface area (Å²) in [6.45, 7) is 0.822. The summed E-state index contributed by atoms with van der Waals surface area (Å²) in [6, 6.07) is 15.3. The molecule has 0 heterocycles. The molecule has 0 atom stereocenters. The number of ether oxygens (including phenoxy) is 1. The molecule has 39 heavy (non-hydrogen) atoms. The van der Waals surface area contributed by atoms with Crippen LogP contribution in [0.5, 0.6) is 0 Å². The third-order valence-electron chi connectivity index (χ3n) is 10.5. The van der Waals surface area contributed by atoms with Crippen molar-refractivity contribution >= 4 is 39.6 Å². The lowest BCUT2D eigenvalue weighted by molar-refractivity contribution is -0.136. The van der Waals surface area contributed by atoms with Crippen molar-refractivity contribution in [2.75, 3.05) is 18.6 Å². The number of hydrogen-bond donors (Lipinski definition) is 0. The largest absolute Gasteiger partial charge is 0.466 e. The third-order valence-corrected chi connectivity index (χ3v) is 11.0. The van der Waals surface area contributed by atoms with Crippen LogP contribution in [0.25, 0.3) is 6.08 Å². The molecule has 0 saturated heterocycles. The van der Waals surface area contributed by atoms with Gasteiger partial charge in [-0.3, -0.25) is 4.79 Å². The van der Waals surface area contributed by atoms with Gasteiger partial charge in [0.2, 0.25) is 5.91 Å². The highest BCUT2D eigenvalue weighted by atomic mass is 79.9. The molecular formula is C34H40BrNO3. The summed E-state index contributed by atoms with van der Waals surface area (Å²) in [5.41, 5.74) is 6.02. The molecule has 0 radical (unpaired) electrons. The Hall–Kier alpha value is -2.40. The number of nitrogens with zero attached hydrogens (tertiary/aromatic N) is 1. The Kier molecular flexibility index (Phi) is 7.47. The molecule has 0 aromatic heterocycles. The Balaban J connectivity index is 1.30. The lowest BCUT2D eigenvalue weighted by atomic mass is 9.51. The van der Waals surface area contributed by atoms with Crippen LogP contribution in [0.3, 0.4) is 0 Å². The zero-order valence-corrected chi connectivity index (χ0v) is 24.7. The third kappa shape index (κ3) is 5.12. The first-order valence-corrected chi connectivity index (χ1v) is 15.7. The number of amides is 1. The first kappa shape index (κ1) is 26.8. The van der Waals surface area contributed by atoms with E-state index in [-0.39, 0.29) is 17.3 Å². The van der Waals surface area contributed by atoms with E-state index in [9.17, 15) is 9.59 Å². The summed E-state index contributed by atoms with van der Waals surface area (Å²) in [5, 5.41) is 0. The van der Waals surface area contributed by atoms with Crippen molar-refractivity contribution < 1.29 is 14.3 Å². The van der Waals surface area contributed by atoms with Gasteiger partial charge in [-0.25, -0.2) is 4.79 Å². The van der Waals surface area contributed by atoms with E-state index in [1.165, 1.54) is 63.2 Å². The maximum absolute atomic E-state index is 14.3. The minimum Gasteiger partial charge on any atom is -0.466 e. The van der Waals surface area contributed by atoms with E-state index in [1.54, 1.807) is 0 Å². The second-order valence-electron chi connectivity index (χ2n) is 12.6. The number of benzene rings is 2. The number of halogens is 1. The summed E-state index contributed by atoms with van der Waals surface area (Å²) in [6.07, 6.45) is 16.1. The molecule has 2 bridgehead atoms. The van der Waals surface area contributed by atoms with E-state index in [1.807, 2.05) is 6.08 Å². The highest BCUT2D eigenvalue weighted by Gasteiger charge is 2.50. The number of fused-ring (bicyclic) bond motifs is 4. The molecule has 5 aliphatic rings. The average molecular weight is 591 g/mol. The Bertz CT molecular complexity index is 1250. The second kappa shape index (κ2) is 10.9. The molecule has 4 saturated carbocycles. The quantitative estimate of drug-likeness (QED) is 0.319. The van der Waals surface area contributed by atoms with Gasteiger partial charge in [0.25, 0.3) is 0 Å². The van der Waals surface area contributed by atoms with Crippen LogP contribution >= 0.6 is 15.9 Å². The minimum absolute atomic E-state index is 0.129. The van der Waals surface area contributed by atoms with E-state index in [2.05, 4.69) is 63.3 Å². The molecule has 0 aliphatic heterocycles. The topological polar surface area (TPSA) is 46.6 Å². The van der Waals surface area contributed by atoms with E-state index in [0.717, 1.165) is 59.9 Å². The smallest absolute Gasteiger partial charge is 0.333 e. The number of anilines is 1. The summed E-state index contributed by atoms with van der Waals surface area (Å²) in [7, 11) is 1.44. The molecule has 1 amide bonds. The number of carbonyl (C=O) groups is 2. The molecule has 4 nitrogen and oxygen atoms in total. The number of carbonyl (C=O) groups excluding carboxylic acids is 2. The highest BCUT2D eigenvalue weighted by Crippen LogP contribution is 2.58. The van der Waals surface area contributed by atoms with Gasteiger partial charge in [0, 0.05) is 28.2 Å². The fourth-order valence-electron chi connectivity index (χ4n) is 7.99. The molecule has 0 unspecified atom stereocenters. The van der Waals surface area contributed by atoms with Gasteiger partial charge in [0.05, 0.1) is 7.11 Å². The Morgan fingerprint density at radius 3 is 2.28 bits per heavy atom. The van der Waals surface area contributed by atoms with E-state index in [4.69, 9.17) is 4.74 Å². The standard InChI is InChI=1S/C34H40BrNO3/c1-39-32(38)26-10-15-29-25(22-26)8-5-9-30(29)36(31(37)24-6-3-2-4-7-24)23-33-16-19-34(20-17-33,21-18-33)27-11-13-28(35)14-12-27/h5,8-9,11-14,22,24H,2-4,6-7,10,15-21,23H2,1H3. The summed E-state index contributed by atoms with van der Waals surface area (Å²) >= 11 is 3.60. The van der Waals surface area contributed by atoms with Crippen LogP contribution < -0.4 is 4.90 Å². The number of rotatable bonds is 6. The molecule has 4 fully saturated rings. The SMILES string of the molecule is COC(=O)C1=Cc2cccc(N(CC34CCC(c5ccc(Br)cc5)(CC3)CC4)C(=O)C3CCCCC3)c2CC1. The normalized spacial score (nSPS) is 26.5. The molecular weight excluding hydrogens is 550 g/mol. The van der Waals surface area contributed by atoms with Crippen molar-refractivity contribution in [1.29, 1.82) is 0 Å². The van der Waals surface area contributed by atoms with Crippen molar-refractivity contribution in [3.05, 3.63) is 69.2 Å². The van der Waals surface area contributed by atoms with Crippen molar-refractivity contribution in [3.63, 3.8) is 0 Å². The van der Waals surface area contributed by atoms with Crippen LogP contribution in [-0.2, 0) is 26.2 Å².